The van der Waals surface area contributed by atoms with E-state index in [1.807, 2.05) is 24.3 Å². The van der Waals surface area contributed by atoms with Gasteiger partial charge >= 0.3 is 23.9 Å². The first kappa shape index (κ1) is 37.9. The van der Waals surface area contributed by atoms with Crippen LogP contribution in [0.1, 0.15) is 21.6 Å². The normalized spacial score (nSPS) is 10.2. The maximum Gasteiger partial charge on any atom is 0.356 e. The number of esters is 4. The van der Waals surface area contributed by atoms with Crippen LogP contribution in [0.15, 0.2) is 123 Å². The molecular formula is C39H35NO12. The lowest BCUT2D eigenvalue weighted by Crippen LogP contribution is -2.12. The molecule has 0 aliphatic carbocycles. The van der Waals surface area contributed by atoms with Gasteiger partial charge in [0, 0.05) is 36.4 Å². The van der Waals surface area contributed by atoms with Crippen LogP contribution in [0.3, 0.4) is 0 Å². The third-order valence-corrected chi connectivity index (χ3v) is 6.88. The van der Waals surface area contributed by atoms with E-state index in [0.717, 1.165) is 40.5 Å². The van der Waals surface area contributed by atoms with E-state index in [2.05, 4.69) is 24.7 Å². The first-order chi connectivity index (χ1) is 25.3. The molecule has 4 aromatic rings. The zero-order valence-electron chi connectivity index (χ0n) is 28.0. The van der Waals surface area contributed by atoms with E-state index in [1.54, 1.807) is 60.8 Å². The predicted molar refractivity (Wildman–Crippen MR) is 186 cm³/mol. The smallest absolute Gasteiger partial charge is 0.356 e. The number of carbonyl (C=O) groups excluding carboxylic acids is 4. The van der Waals surface area contributed by atoms with Gasteiger partial charge in [0.1, 0.15) is 23.8 Å². The van der Waals surface area contributed by atoms with Crippen LogP contribution in [0.2, 0.25) is 0 Å². The standard InChI is InChI=1S/C39H35NO12/c1-4-36(41)50-24-47-32-15-13-31(14-16-32)46-23-28-7-10-29(11-8-28)30-12-17-33(40-22-30)39(44)45-20-19-27-9-18-34(48-25-51-37(42)5-2)35(21-27)49-26-52-38(43)6-3/h4-18,21-22H,1-3,19-20,23-26H2. The minimum atomic E-state index is -0.674. The summed E-state index contributed by atoms with van der Waals surface area (Å²) in [7, 11) is 0. The summed E-state index contributed by atoms with van der Waals surface area (Å²) in [6.07, 6.45) is 4.97. The zero-order valence-corrected chi connectivity index (χ0v) is 28.0. The van der Waals surface area contributed by atoms with Gasteiger partial charge < -0.3 is 37.9 Å². The van der Waals surface area contributed by atoms with Crippen molar-refractivity contribution in [3.05, 3.63) is 140 Å². The molecule has 3 aromatic carbocycles. The minimum absolute atomic E-state index is 0.0407. The summed E-state index contributed by atoms with van der Waals surface area (Å²) in [6.45, 7) is 9.31. The quantitative estimate of drug-likeness (QED) is 0.0462. The SMILES string of the molecule is C=CC(=O)OCOc1ccc(OCc2ccc(-c3ccc(C(=O)OCCc4ccc(OCOC(=O)C=C)c(OCOC(=O)C=C)c4)nc3)cc2)cc1. The van der Waals surface area contributed by atoms with E-state index >= 15 is 0 Å². The van der Waals surface area contributed by atoms with Crippen molar-refractivity contribution in [2.45, 2.75) is 13.0 Å². The van der Waals surface area contributed by atoms with Crippen molar-refractivity contribution in [2.24, 2.45) is 0 Å². The Hall–Kier alpha value is -6.89. The van der Waals surface area contributed by atoms with E-state index < -0.39 is 37.5 Å². The molecule has 0 unspecified atom stereocenters. The largest absolute Gasteiger partial charge is 0.489 e. The van der Waals surface area contributed by atoms with Gasteiger partial charge in [0.2, 0.25) is 20.4 Å². The molecule has 268 valence electrons. The molecule has 0 saturated carbocycles. The second kappa shape index (κ2) is 19.9. The monoisotopic (exact) mass is 709 g/mol. The highest BCUT2D eigenvalue weighted by Crippen LogP contribution is 2.29. The summed E-state index contributed by atoms with van der Waals surface area (Å²) in [4.78, 5) is 50.7. The number of hydrogen-bond donors (Lipinski definition) is 0. The van der Waals surface area contributed by atoms with Crippen LogP contribution in [0.4, 0.5) is 0 Å². The summed E-state index contributed by atoms with van der Waals surface area (Å²) >= 11 is 0. The average molecular weight is 710 g/mol. The Morgan fingerprint density at radius 2 is 1.10 bits per heavy atom. The van der Waals surface area contributed by atoms with Gasteiger partial charge in [-0.2, -0.15) is 0 Å². The highest BCUT2D eigenvalue weighted by molar-refractivity contribution is 5.87. The fourth-order valence-corrected chi connectivity index (χ4v) is 4.19. The number of pyridine rings is 1. The van der Waals surface area contributed by atoms with Gasteiger partial charge in [-0.15, -0.1) is 0 Å². The maximum atomic E-state index is 12.7. The fraction of sp³-hybridized carbons (Fsp3) is 0.154. The molecule has 1 aromatic heterocycles. The van der Waals surface area contributed by atoms with E-state index in [0.29, 0.717) is 24.5 Å². The molecule has 1 heterocycles. The van der Waals surface area contributed by atoms with Gasteiger partial charge in [-0.05, 0) is 59.2 Å². The molecule has 0 atom stereocenters. The molecule has 0 aliphatic heterocycles. The lowest BCUT2D eigenvalue weighted by atomic mass is 10.1. The van der Waals surface area contributed by atoms with Crippen molar-refractivity contribution in [3.63, 3.8) is 0 Å². The minimum Gasteiger partial charge on any atom is -0.489 e. The molecule has 0 bridgehead atoms. The summed E-state index contributed by atoms with van der Waals surface area (Å²) in [6, 6.07) is 22.9. The van der Waals surface area contributed by atoms with E-state index in [1.165, 1.54) is 0 Å². The van der Waals surface area contributed by atoms with Crippen molar-refractivity contribution in [2.75, 3.05) is 27.0 Å². The van der Waals surface area contributed by atoms with Crippen molar-refractivity contribution in [1.29, 1.82) is 0 Å². The second-order valence-corrected chi connectivity index (χ2v) is 10.3. The molecule has 0 N–H and O–H groups in total. The first-order valence-corrected chi connectivity index (χ1v) is 15.6. The highest BCUT2D eigenvalue weighted by Gasteiger charge is 2.13. The van der Waals surface area contributed by atoms with Gasteiger partial charge in [-0.3, -0.25) is 0 Å². The molecule has 0 amide bonds. The van der Waals surface area contributed by atoms with Crippen LogP contribution < -0.4 is 18.9 Å². The Balaban J connectivity index is 1.24. The Bertz CT molecular complexity index is 1850. The zero-order chi connectivity index (χ0) is 37.1. The Morgan fingerprint density at radius 3 is 1.67 bits per heavy atom. The van der Waals surface area contributed by atoms with E-state index in [-0.39, 0.29) is 30.6 Å². The summed E-state index contributed by atoms with van der Waals surface area (Å²) < 4.78 is 42.1. The molecule has 0 saturated heterocycles. The lowest BCUT2D eigenvalue weighted by Gasteiger charge is -2.14. The number of aromatic nitrogens is 1. The number of ether oxygens (including phenoxy) is 8. The van der Waals surface area contributed by atoms with Crippen molar-refractivity contribution < 1.29 is 57.1 Å². The second-order valence-electron chi connectivity index (χ2n) is 10.3. The third-order valence-electron chi connectivity index (χ3n) is 6.88. The highest BCUT2D eigenvalue weighted by atomic mass is 16.7. The van der Waals surface area contributed by atoms with Crippen LogP contribution >= 0.6 is 0 Å². The molecular weight excluding hydrogens is 674 g/mol. The van der Waals surface area contributed by atoms with Crippen LogP contribution in [0, 0.1) is 0 Å². The summed E-state index contributed by atoms with van der Waals surface area (Å²) in [5.74, 6) is -0.904. The molecule has 4 rings (SSSR count). The van der Waals surface area contributed by atoms with Gasteiger partial charge in [0.15, 0.2) is 11.5 Å². The maximum absolute atomic E-state index is 12.7. The molecule has 0 spiro atoms. The van der Waals surface area contributed by atoms with Crippen LogP contribution in [-0.2, 0) is 46.4 Å². The lowest BCUT2D eigenvalue weighted by molar-refractivity contribution is -0.146. The van der Waals surface area contributed by atoms with E-state index in [9.17, 15) is 19.2 Å². The third kappa shape index (κ3) is 12.2. The van der Waals surface area contributed by atoms with Gasteiger partial charge in [-0.1, -0.05) is 56.1 Å². The Kier molecular flexibility index (Phi) is 14.5. The predicted octanol–water partition coefficient (Wildman–Crippen LogP) is 5.92. The van der Waals surface area contributed by atoms with Crippen LogP contribution in [0.5, 0.6) is 23.0 Å². The van der Waals surface area contributed by atoms with E-state index in [4.69, 9.17) is 37.9 Å². The van der Waals surface area contributed by atoms with Gasteiger partial charge in [-0.25, -0.2) is 24.2 Å². The summed E-state index contributed by atoms with van der Waals surface area (Å²) in [5.41, 5.74) is 3.52. The van der Waals surface area contributed by atoms with Crippen LogP contribution in [0.25, 0.3) is 11.1 Å². The number of carbonyl (C=O) groups is 4. The summed E-state index contributed by atoms with van der Waals surface area (Å²) in [5, 5.41) is 0. The first-order valence-electron chi connectivity index (χ1n) is 15.6. The molecule has 52 heavy (non-hydrogen) atoms. The number of benzene rings is 3. The molecule has 0 fully saturated rings. The van der Waals surface area contributed by atoms with Crippen LogP contribution in [-0.4, -0.2) is 55.8 Å². The Labute approximate surface area is 299 Å². The molecule has 13 heteroatoms. The number of rotatable bonds is 20. The topological polar surface area (TPSA) is 155 Å². The molecule has 13 nitrogen and oxygen atoms in total. The number of nitrogens with zero attached hydrogens (tertiary/aromatic N) is 1. The molecule has 0 aliphatic rings. The number of hydrogen-bond acceptors (Lipinski definition) is 13. The van der Waals surface area contributed by atoms with Crippen molar-refractivity contribution in [1.82, 2.24) is 4.98 Å². The Morgan fingerprint density at radius 1 is 0.558 bits per heavy atom. The molecule has 0 radical (unpaired) electrons. The van der Waals surface area contributed by atoms with Crippen molar-refractivity contribution >= 4 is 23.9 Å². The van der Waals surface area contributed by atoms with Crippen molar-refractivity contribution in [3.8, 4) is 34.1 Å². The van der Waals surface area contributed by atoms with Gasteiger partial charge in [0.25, 0.3) is 0 Å². The fourth-order valence-electron chi connectivity index (χ4n) is 4.19. The van der Waals surface area contributed by atoms with Gasteiger partial charge in [0.05, 0.1) is 6.61 Å². The average Bonchev–Trinajstić information content (AvgIpc) is 3.18.